The van der Waals surface area contributed by atoms with Gasteiger partial charge in [0.2, 0.25) is 5.91 Å². The van der Waals surface area contributed by atoms with Gasteiger partial charge in [0.15, 0.2) is 18.1 Å². The van der Waals surface area contributed by atoms with E-state index in [-0.39, 0.29) is 30.4 Å². The van der Waals surface area contributed by atoms with E-state index in [0.717, 1.165) is 25.7 Å². The average Bonchev–Trinajstić information content (AvgIpc) is 2.67. The van der Waals surface area contributed by atoms with Gasteiger partial charge in [-0.1, -0.05) is 26.0 Å². The van der Waals surface area contributed by atoms with Crippen LogP contribution in [0.15, 0.2) is 24.3 Å². The van der Waals surface area contributed by atoms with Gasteiger partial charge in [0.1, 0.15) is 0 Å². The zero-order valence-electron chi connectivity index (χ0n) is 16.0. The van der Waals surface area contributed by atoms with Crippen LogP contribution in [0, 0.1) is 5.92 Å². The molecule has 0 saturated carbocycles. The molecule has 0 bridgehead atoms. The summed E-state index contributed by atoms with van der Waals surface area (Å²) in [6.07, 6.45) is 3.29. The van der Waals surface area contributed by atoms with Crippen LogP contribution in [0.25, 0.3) is 0 Å². The molecule has 2 amide bonds. The van der Waals surface area contributed by atoms with Crippen LogP contribution < -0.4 is 14.8 Å². The first kappa shape index (κ1) is 20.1. The van der Waals surface area contributed by atoms with Crippen LogP contribution in [-0.4, -0.2) is 49.6 Å². The summed E-state index contributed by atoms with van der Waals surface area (Å²) >= 11 is 0. The van der Waals surface area contributed by atoms with Crippen molar-refractivity contribution in [3.63, 3.8) is 0 Å². The molecule has 1 N–H and O–H groups in total. The smallest absolute Gasteiger partial charge is 0.260 e. The second kappa shape index (κ2) is 10.0. The summed E-state index contributed by atoms with van der Waals surface area (Å²) in [6.45, 7) is 5.35. The second-order valence-corrected chi connectivity index (χ2v) is 6.62. The number of carbonyl (C=O) groups is 2. The number of piperidine rings is 1. The molecule has 0 aromatic heterocycles. The minimum atomic E-state index is -0.0410. The third-order valence-electron chi connectivity index (χ3n) is 4.97. The van der Waals surface area contributed by atoms with E-state index in [1.54, 1.807) is 24.1 Å². The van der Waals surface area contributed by atoms with Crippen LogP contribution in [0.5, 0.6) is 11.5 Å². The van der Waals surface area contributed by atoms with Crippen molar-refractivity contribution in [2.45, 2.75) is 45.6 Å². The maximum absolute atomic E-state index is 12.4. The number of nitrogens with zero attached hydrogens (tertiary/aromatic N) is 1. The van der Waals surface area contributed by atoms with E-state index in [2.05, 4.69) is 5.32 Å². The summed E-state index contributed by atoms with van der Waals surface area (Å²) in [5.74, 6) is 1.36. The third kappa shape index (κ3) is 5.38. The number of ether oxygens (including phenoxy) is 2. The fraction of sp³-hybridized carbons (Fsp3) is 0.600. The van der Waals surface area contributed by atoms with Crippen LogP contribution in [0.1, 0.15) is 39.5 Å². The first-order chi connectivity index (χ1) is 12.6. The average molecular weight is 362 g/mol. The van der Waals surface area contributed by atoms with Crippen molar-refractivity contribution < 1.29 is 19.1 Å². The van der Waals surface area contributed by atoms with Crippen molar-refractivity contribution in [3.8, 4) is 11.5 Å². The molecule has 6 nitrogen and oxygen atoms in total. The molecule has 1 fully saturated rings. The highest BCUT2D eigenvalue weighted by atomic mass is 16.5. The number of methoxy groups -OCH3 is 1. The number of amides is 2. The van der Waals surface area contributed by atoms with E-state index in [1.165, 1.54) is 0 Å². The van der Waals surface area contributed by atoms with Gasteiger partial charge in [-0.2, -0.15) is 0 Å². The van der Waals surface area contributed by atoms with E-state index in [0.29, 0.717) is 24.6 Å². The SMILES string of the molecule is CCC(CC)C(=O)NC1CCN(C(=O)COc2ccccc2OC)CC1. The standard InChI is InChI=1S/C20H30N2O4/c1-4-15(5-2)20(24)21-16-10-12-22(13-11-16)19(23)14-26-18-9-7-6-8-17(18)25-3/h6-9,15-16H,4-5,10-14H2,1-3H3,(H,21,24). The summed E-state index contributed by atoms with van der Waals surface area (Å²) in [4.78, 5) is 26.4. The van der Waals surface area contributed by atoms with Crippen LogP contribution in [0.2, 0.25) is 0 Å². The van der Waals surface area contributed by atoms with Crippen molar-refractivity contribution in [3.05, 3.63) is 24.3 Å². The van der Waals surface area contributed by atoms with Gasteiger partial charge in [-0.15, -0.1) is 0 Å². The van der Waals surface area contributed by atoms with E-state index in [4.69, 9.17) is 9.47 Å². The van der Waals surface area contributed by atoms with E-state index in [1.807, 2.05) is 26.0 Å². The fourth-order valence-corrected chi connectivity index (χ4v) is 3.22. The maximum atomic E-state index is 12.4. The quantitative estimate of drug-likeness (QED) is 0.772. The van der Waals surface area contributed by atoms with Crippen LogP contribution >= 0.6 is 0 Å². The monoisotopic (exact) mass is 362 g/mol. The highest BCUT2D eigenvalue weighted by Crippen LogP contribution is 2.25. The first-order valence-electron chi connectivity index (χ1n) is 9.42. The van der Waals surface area contributed by atoms with E-state index in [9.17, 15) is 9.59 Å². The molecule has 2 rings (SSSR count). The molecule has 1 aromatic carbocycles. The molecule has 1 aliphatic rings. The molecule has 0 radical (unpaired) electrons. The molecule has 1 heterocycles. The van der Waals surface area contributed by atoms with E-state index >= 15 is 0 Å². The molecular weight excluding hydrogens is 332 g/mol. The maximum Gasteiger partial charge on any atom is 0.260 e. The Bertz CT molecular complexity index is 593. The molecule has 1 aliphatic heterocycles. The summed E-state index contributed by atoms with van der Waals surface area (Å²) in [7, 11) is 1.57. The highest BCUT2D eigenvalue weighted by Gasteiger charge is 2.25. The highest BCUT2D eigenvalue weighted by molar-refractivity contribution is 5.79. The number of para-hydroxylation sites is 2. The normalized spacial score (nSPS) is 15.0. The van der Waals surface area contributed by atoms with Gasteiger partial charge in [0.25, 0.3) is 5.91 Å². The second-order valence-electron chi connectivity index (χ2n) is 6.62. The van der Waals surface area contributed by atoms with E-state index < -0.39 is 0 Å². The van der Waals surface area contributed by atoms with Gasteiger partial charge >= 0.3 is 0 Å². The Morgan fingerprint density at radius 1 is 1.15 bits per heavy atom. The Kier molecular flexibility index (Phi) is 7.75. The number of carbonyl (C=O) groups excluding carboxylic acids is 2. The Morgan fingerprint density at radius 2 is 1.77 bits per heavy atom. The minimum absolute atomic E-state index is 0.00879. The molecule has 144 valence electrons. The van der Waals surface area contributed by atoms with Crippen molar-refractivity contribution in [2.24, 2.45) is 5.92 Å². The molecule has 1 aromatic rings. The Labute approximate surface area is 155 Å². The molecule has 1 saturated heterocycles. The van der Waals surface area contributed by atoms with Crippen molar-refractivity contribution in [2.75, 3.05) is 26.8 Å². The predicted octanol–water partition coefficient (Wildman–Crippen LogP) is 2.62. The van der Waals surface area contributed by atoms with Gasteiger partial charge < -0.3 is 19.7 Å². The molecule has 0 aliphatic carbocycles. The van der Waals surface area contributed by atoms with Gasteiger partial charge in [0.05, 0.1) is 7.11 Å². The lowest BCUT2D eigenvalue weighted by Crippen LogP contribution is -2.48. The number of benzene rings is 1. The van der Waals surface area contributed by atoms with Gasteiger partial charge in [-0.3, -0.25) is 9.59 Å². The molecular formula is C20H30N2O4. The Morgan fingerprint density at radius 3 is 2.35 bits per heavy atom. The van der Waals surface area contributed by atoms with Crippen molar-refractivity contribution in [1.29, 1.82) is 0 Å². The summed E-state index contributed by atoms with van der Waals surface area (Å²) < 4.78 is 10.8. The lowest BCUT2D eigenvalue weighted by atomic mass is 10.00. The van der Waals surface area contributed by atoms with Gasteiger partial charge in [0, 0.05) is 25.0 Å². The number of hydrogen-bond acceptors (Lipinski definition) is 4. The number of likely N-dealkylation sites (tertiary alicyclic amines) is 1. The Balaban J connectivity index is 1.77. The zero-order valence-corrected chi connectivity index (χ0v) is 16.0. The number of hydrogen-bond donors (Lipinski definition) is 1. The summed E-state index contributed by atoms with van der Waals surface area (Å²) in [6, 6.07) is 7.44. The molecule has 0 atom stereocenters. The lowest BCUT2D eigenvalue weighted by Gasteiger charge is -2.33. The van der Waals surface area contributed by atoms with Crippen LogP contribution in [0.4, 0.5) is 0 Å². The molecule has 26 heavy (non-hydrogen) atoms. The molecule has 0 spiro atoms. The van der Waals surface area contributed by atoms with Gasteiger partial charge in [-0.25, -0.2) is 0 Å². The fourth-order valence-electron chi connectivity index (χ4n) is 3.22. The van der Waals surface area contributed by atoms with Crippen molar-refractivity contribution in [1.82, 2.24) is 10.2 Å². The van der Waals surface area contributed by atoms with Gasteiger partial charge in [-0.05, 0) is 37.8 Å². The largest absolute Gasteiger partial charge is 0.493 e. The molecule has 0 unspecified atom stereocenters. The summed E-state index contributed by atoms with van der Waals surface area (Å²) in [5, 5.41) is 3.13. The lowest BCUT2D eigenvalue weighted by molar-refractivity contribution is -0.134. The predicted molar refractivity (Wildman–Crippen MR) is 100 cm³/mol. The molecule has 6 heteroatoms. The zero-order chi connectivity index (χ0) is 18.9. The first-order valence-corrected chi connectivity index (χ1v) is 9.42. The van der Waals surface area contributed by atoms with Crippen LogP contribution in [-0.2, 0) is 9.59 Å². The third-order valence-corrected chi connectivity index (χ3v) is 4.97. The Hall–Kier alpha value is -2.24. The minimum Gasteiger partial charge on any atom is -0.493 e. The van der Waals surface area contributed by atoms with Crippen LogP contribution in [0.3, 0.4) is 0 Å². The summed E-state index contributed by atoms with van der Waals surface area (Å²) in [5.41, 5.74) is 0. The number of nitrogens with one attached hydrogen (secondary N) is 1. The topological polar surface area (TPSA) is 67.9 Å². The number of rotatable bonds is 8. The van der Waals surface area contributed by atoms with Crippen molar-refractivity contribution >= 4 is 11.8 Å².